The minimum absolute atomic E-state index is 0.154. The zero-order valence-corrected chi connectivity index (χ0v) is 10.5. The van der Waals surface area contributed by atoms with Crippen LogP contribution in [0.5, 0.6) is 0 Å². The summed E-state index contributed by atoms with van der Waals surface area (Å²) in [4.78, 5) is 11.5. The molecule has 0 bridgehead atoms. The Morgan fingerprint density at radius 1 is 1.44 bits per heavy atom. The molecule has 4 heteroatoms. The Balaban J connectivity index is 2.71. The average molecular weight is 252 g/mol. The minimum atomic E-state index is -0.846. The number of benzene rings is 1. The standard InChI is InChI=1S/C14H17FO3/c1-3-10(14(17)18-4-2)9-13(16)11-5-7-12(15)8-6-11/h3,5-8,13,16H,4,9H2,1-2H3/b10-3-. The SMILES string of the molecule is C/C=C(/CC(O)c1ccc(F)cc1)C(=O)OCC. The Bertz CT molecular complexity index is 423. The van der Waals surface area contributed by atoms with E-state index in [1.807, 2.05) is 0 Å². The molecule has 0 saturated heterocycles. The molecule has 0 aliphatic heterocycles. The molecule has 1 aromatic carbocycles. The van der Waals surface area contributed by atoms with Crippen LogP contribution in [0.2, 0.25) is 0 Å². The number of hydrogen-bond donors (Lipinski definition) is 1. The number of esters is 1. The highest BCUT2D eigenvalue weighted by Gasteiger charge is 2.16. The van der Waals surface area contributed by atoms with Crippen molar-refractivity contribution in [2.75, 3.05) is 6.61 Å². The lowest BCUT2D eigenvalue weighted by molar-refractivity contribution is -0.139. The summed E-state index contributed by atoms with van der Waals surface area (Å²) in [6.07, 6.45) is 0.923. The predicted octanol–water partition coefficient (Wildman–Crippen LogP) is 2.76. The van der Waals surface area contributed by atoms with Crippen LogP contribution in [0.1, 0.15) is 31.9 Å². The van der Waals surface area contributed by atoms with E-state index in [0.29, 0.717) is 17.7 Å². The van der Waals surface area contributed by atoms with Gasteiger partial charge in [-0.05, 0) is 31.5 Å². The molecule has 0 spiro atoms. The van der Waals surface area contributed by atoms with Crippen molar-refractivity contribution >= 4 is 5.97 Å². The number of aliphatic hydroxyl groups is 1. The van der Waals surface area contributed by atoms with E-state index >= 15 is 0 Å². The summed E-state index contributed by atoms with van der Waals surface area (Å²) in [7, 11) is 0. The highest BCUT2D eigenvalue weighted by atomic mass is 19.1. The lowest BCUT2D eigenvalue weighted by atomic mass is 10.0. The van der Waals surface area contributed by atoms with Crippen LogP contribution in [0.4, 0.5) is 4.39 Å². The summed E-state index contributed by atoms with van der Waals surface area (Å²) in [6, 6.07) is 5.55. The monoisotopic (exact) mass is 252 g/mol. The number of carbonyl (C=O) groups is 1. The van der Waals surface area contributed by atoms with Crippen LogP contribution < -0.4 is 0 Å². The van der Waals surface area contributed by atoms with Crippen LogP contribution in [0.25, 0.3) is 0 Å². The molecular weight excluding hydrogens is 235 g/mol. The Morgan fingerprint density at radius 2 is 2.06 bits per heavy atom. The number of aliphatic hydroxyl groups excluding tert-OH is 1. The molecule has 0 aliphatic rings. The van der Waals surface area contributed by atoms with E-state index in [2.05, 4.69) is 0 Å². The van der Waals surface area contributed by atoms with E-state index < -0.39 is 12.1 Å². The highest BCUT2D eigenvalue weighted by molar-refractivity contribution is 5.88. The molecule has 0 amide bonds. The summed E-state index contributed by atoms with van der Waals surface area (Å²) < 4.78 is 17.6. The van der Waals surface area contributed by atoms with Crippen LogP contribution in [-0.4, -0.2) is 17.7 Å². The molecule has 18 heavy (non-hydrogen) atoms. The molecule has 1 aromatic rings. The summed E-state index contributed by atoms with van der Waals surface area (Å²) in [5, 5.41) is 9.96. The molecule has 0 heterocycles. The summed E-state index contributed by atoms with van der Waals surface area (Å²) in [5.74, 6) is -0.788. The quantitative estimate of drug-likeness (QED) is 0.647. The second-order valence-electron chi connectivity index (χ2n) is 3.81. The molecule has 0 radical (unpaired) electrons. The second kappa shape index (κ2) is 6.91. The maximum absolute atomic E-state index is 12.7. The molecule has 0 saturated carbocycles. The van der Waals surface area contributed by atoms with Crippen molar-refractivity contribution in [3.8, 4) is 0 Å². The number of rotatable bonds is 5. The first-order chi connectivity index (χ1) is 8.58. The van der Waals surface area contributed by atoms with Gasteiger partial charge in [-0.3, -0.25) is 0 Å². The fraction of sp³-hybridized carbons (Fsp3) is 0.357. The van der Waals surface area contributed by atoms with Gasteiger partial charge < -0.3 is 9.84 Å². The predicted molar refractivity (Wildman–Crippen MR) is 66.4 cm³/mol. The van der Waals surface area contributed by atoms with Crippen LogP contribution in [0.3, 0.4) is 0 Å². The maximum atomic E-state index is 12.7. The molecular formula is C14H17FO3. The van der Waals surface area contributed by atoms with Gasteiger partial charge in [0.15, 0.2) is 0 Å². The molecule has 1 atom stereocenters. The Kier molecular flexibility index (Phi) is 5.52. The molecule has 1 unspecified atom stereocenters. The molecule has 0 fully saturated rings. The fourth-order valence-electron chi connectivity index (χ4n) is 1.55. The van der Waals surface area contributed by atoms with Crippen LogP contribution in [0.15, 0.2) is 35.9 Å². The van der Waals surface area contributed by atoms with Gasteiger partial charge in [0.05, 0.1) is 12.7 Å². The van der Waals surface area contributed by atoms with Crippen molar-refractivity contribution in [3.05, 3.63) is 47.3 Å². The van der Waals surface area contributed by atoms with Crippen molar-refractivity contribution < 1.29 is 19.0 Å². The van der Waals surface area contributed by atoms with E-state index in [1.54, 1.807) is 19.9 Å². The van der Waals surface area contributed by atoms with Crippen LogP contribution >= 0.6 is 0 Å². The van der Waals surface area contributed by atoms with Gasteiger partial charge in [-0.2, -0.15) is 0 Å². The van der Waals surface area contributed by atoms with E-state index in [-0.39, 0.29) is 12.2 Å². The maximum Gasteiger partial charge on any atom is 0.333 e. The van der Waals surface area contributed by atoms with Crippen molar-refractivity contribution in [2.24, 2.45) is 0 Å². The van der Waals surface area contributed by atoms with Gasteiger partial charge in [0.1, 0.15) is 5.82 Å². The Morgan fingerprint density at radius 3 is 2.56 bits per heavy atom. The summed E-state index contributed by atoms with van der Waals surface area (Å²) in [6.45, 7) is 3.73. The number of hydrogen-bond acceptors (Lipinski definition) is 3. The number of allylic oxidation sites excluding steroid dienone is 1. The van der Waals surface area contributed by atoms with Gasteiger partial charge in [-0.15, -0.1) is 0 Å². The molecule has 0 aromatic heterocycles. The summed E-state index contributed by atoms with van der Waals surface area (Å²) >= 11 is 0. The van der Waals surface area contributed by atoms with Crippen LogP contribution in [0, 0.1) is 5.82 Å². The fourth-order valence-corrected chi connectivity index (χ4v) is 1.55. The van der Waals surface area contributed by atoms with E-state index in [4.69, 9.17) is 4.74 Å². The average Bonchev–Trinajstić information content (AvgIpc) is 2.36. The van der Waals surface area contributed by atoms with Crippen molar-refractivity contribution in [2.45, 2.75) is 26.4 Å². The van der Waals surface area contributed by atoms with Gasteiger partial charge >= 0.3 is 5.97 Å². The van der Waals surface area contributed by atoms with Crippen LogP contribution in [-0.2, 0) is 9.53 Å². The number of halogens is 1. The van der Waals surface area contributed by atoms with E-state index in [9.17, 15) is 14.3 Å². The molecule has 1 N–H and O–H groups in total. The summed E-state index contributed by atoms with van der Waals surface area (Å²) in [5.41, 5.74) is 0.980. The lowest BCUT2D eigenvalue weighted by Gasteiger charge is -2.13. The zero-order chi connectivity index (χ0) is 13.5. The van der Waals surface area contributed by atoms with E-state index in [1.165, 1.54) is 24.3 Å². The lowest BCUT2D eigenvalue weighted by Crippen LogP contribution is -2.11. The van der Waals surface area contributed by atoms with Gasteiger partial charge in [0.2, 0.25) is 0 Å². The number of carbonyl (C=O) groups excluding carboxylic acids is 1. The normalized spacial score (nSPS) is 13.2. The molecule has 1 rings (SSSR count). The van der Waals surface area contributed by atoms with Gasteiger partial charge in [0, 0.05) is 12.0 Å². The first-order valence-electron chi connectivity index (χ1n) is 5.84. The van der Waals surface area contributed by atoms with Gasteiger partial charge in [0.25, 0.3) is 0 Å². The molecule has 98 valence electrons. The van der Waals surface area contributed by atoms with Gasteiger partial charge in [-0.25, -0.2) is 9.18 Å². The Hall–Kier alpha value is -1.68. The van der Waals surface area contributed by atoms with Crippen molar-refractivity contribution in [1.82, 2.24) is 0 Å². The molecule has 3 nitrogen and oxygen atoms in total. The Labute approximate surface area is 106 Å². The first-order valence-corrected chi connectivity index (χ1v) is 5.84. The largest absolute Gasteiger partial charge is 0.463 e. The third-order valence-corrected chi connectivity index (χ3v) is 2.55. The van der Waals surface area contributed by atoms with Crippen molar-refractivity contribution in [3.63, 3.8) is 0 Å². The van der Waals surface area contributed by atoms with Gasteiger partial charge in [-0.1, -0.05) is 18.2 Å². The smallest absolute Gasteiger partial charge is 0.333 e. The van der Waals surface area contributed by atoms with Crippen molar-refractivity contribution in [1.29, 1.82) is 0 Å². The third kappa shape index (κ3) is 3.96. The zero-order valence-electron chi connectivity index (χ0n) is 10.5. The topological polar surface area (TPSA) is 46.5 Å². The second-order valence-corrected chi connectivity index (χ2v) is 3.81. The van der Waals surface area contributed by atoms with E-state index in [0.717, 1.165) is 0 Å². The third-order valence-electron chi connectivity index (χ3n) is 2.55. The minimum Gasteiger partial charge on any atom is -0.463 e. The highest BCUT2D eigenvalue weighted by Crippen LogP contribution is 2.22. The number of ether oxygens (including phenoxy) is 1. The molecule has 0 aliphatic carbocycles. The first kappa shape index (κ1) is 14.4.